The summed E-state index contributed by atoms with van der Waals surface area (Å²) in [6, 6.07) is 15.9. The molecule has 0 spiro atoms. The predicted octanol–water partition coefficient (Wildman–Crippen LogP) is 4.14. The van der Waals surface area contributed by atoms with E-state index in [2.05, 4.69) is 45.7 Å². The van der Waals surface area contributed by atoms with Gasteiger partial charge >= 0.3 is 0 Å². The van der Waals surface area contributed by atoms with Crippen LogP contribution in [-0.4, -0.2) is 36.4 Å². The molecule has 184 valence electrons. The molecule has 2 aromatic heterocycles. The van der Waals surface area contributed by atoms with Gasteiger partial charge in [-0.25, -0.2) is 14.7 Å². The van der Waals surface area contributed by atoms with Crippen molar-refractivity contribution in [2.24, 2.45) is 5.92 Å². The highest BCUT2D eigenvalue weighted by atomic mass is 32.2. The van der Waals surface area contributed by atoms with Crippen LogP contribution >= 0.6 is 0 Å². The molecular formula is C26H31N5O3S. The first-order chi connectivity index (χ1) is 16.6. The highest BCUT2D eigenvalue weighted by Crippen LogP contribution is 2.38. The van der Waals surface area contributed by atoms with E-state index in [0.29, 0.717) is 24.1 Å². The number of hydrogen-bond donors (Lipinski definition) is 2. The molecule has 2 N–H and O–H groups in total. The first-order valence-corrected chi connectivity index (χ1v) is 13.1. The number of hydrogen-bond acceptors (Lipinski definition) is 7. The number of rotatable bonds is 7. The van der Waals surface area contributed by atoms with Gasteiger partial charge in [0.1, 0.15) is 11.6 Å². The van der Waals surface area contributed by atoms with Crippen LogP contribution in [0.1, 0.15) is 48.7 Å². The highest BCUT2D eigenvalue weighted by molar-refractivity contribution is 7.90. The Morgan fingerprint density at radius 2 is 1.86 bits per heavy atom. The molecule has 35 heavy (non-hydrogen) atoms. The number of nitrogens with one attached hydrogen (secondary N) is 2. The Morgan fingerprint density at radius 3 is 2.54 bits per heavy atom. The van der Waals surface area contributed by atoms with Crippen LogP contribution < -0.4 is 14.9 Å². The molecule has 1 aliphatic rings. The zero-order valence-corrected chi connectivity index (χ0v) is 21.3. The summed E-state index contributed by atoms with van der Waals surface area (Å²) in [4.78, 5) is 23.9. The summed E-state index contributed by atoms with van der Waals surface area (Å²) in [5, 5.41) is 2.90. The lowest BCUT2D eigenvalue weighted by Gasteiger charge is -2.36. The van der Waals surface area contributed by atoms with Crippen molar-refractivity contribution in [3.8, 4) is 0 Å². The molecule has 1 atom stereocenters. The van der Waals surface area contributed by atoms with Crippen molar-refractivity contribution in [3.05, 3.63) is 77.5 Å². The summed E-state index contributed by atoms with van der Waals surface area (Å²) >= 11 is 0. The monoisotopic (exact) mass is 493 g/mol. The number of carbonyl (C=O) groups is 1. The van der Waals surface area contributed by atoms with E-state index in [4.69, 9.17) is 0 Å². The van der Waals surface area contributed by atoms with Gasteiger partial charge in [-0.05, 0) is 62.9 Å². The number of sulfonamides is 1. The number of pyridine rings is 2. The van der Waals surface area contributed by atoms with E-state index in [1.165, 1.54) is 6.07 Å². The number of anilines is 2. The van der Waals surface area contributed by atoms with Gasteiger partial charge in [0.25, 0.3) is 15.9 Å². The van der Waals surface area contributed by atoms with Crippen LogP contribution in [0.2, 0.25) is 0 Å². The Morgan fingerprint density at radius 1 is 1.11 bits per heavy atom. The van der Waals surface area contributed by atoms with E-state index in [1.54, 1.807) is 30.5 Å². The van der Waals surface area contributed by atoms with Crippen molar-refractivity contribution < 1.29 is 13.2 Å². The molecule has 0 aliphatic carbocycles. The first kappa shape index (κ1) is 24.7. The van der Waals surface area contributed by atoms with Gasteiger partial charge in [-0.1, -0.05) is 42.8 Å². The summed E-state index contributed by atoms with van der Waals surface area (Å²) in [5.74, 6) is 0.554. The van der Waals surface area contributed by atoms with Gasteiger partial charge in [-0.15, -0.1) is 0 Å². The standard InChI is InChI=1S/C26H31N5O3S/c1-18-10-12-20(13-11-18)17-28-22-8-5-9-23(29-22)35(33,34)30-25(32)21-7-6-15-27-24(21)31-16-14-19(2)26(31,3)4/h5-13,15,19H,14,16-17H2,1-4H3,(H,28,29)(H,30,32). The number of aromatic nitrogens is 2. The van der Waals surface area contributed by atoms with E-state index in [-0.39, 0.29) is 16.1 Å². The van der Waals surface area contributed by atoms with Crippen molar-refractivity contribution in [1.82, 2.24) is 14.7 Å². The minimum absolute atomic E-state index is 0.207. The highest BCUT2D eigenvalue weighted by Gasteiger charge is 2.40. The summed E-state index contributed by atoms with van der Waals surface area (Å²) < 4.78 is 28.2. The number of amides is 1. The van der Waals surface area contributed by atoms with Crippen molar-refractivity contribution in [1.29, 1.82) is 0 Å². The molecule has 0 bridgehead atoms. The zero-order valence-electron chi connectivity index (χ0n) is 20.4. The molecule has 1 unspecified atom stereocenters. The van der Waals surface area contributed by atoms with E-state index in [0.717, 1.165) is 24.1 Å². The Kier molecular flexibility index (Phi) is 6.80. The molecule has 1 amide bonds. The van der Waals surface area contributed by atoms with Gasteiger partial charge in [0.2, 0.25) is 0 Å². The summed E-state index contributed by atoms with van der Waals surface area (Å²) in [5.41, 5.74) is 2.21. The van der Waals surface area contributed by atoms with Gasteiger partial charge in [0, 0.05) is 24.8 Å². The fourth-order valence-corrected chi connectivity index (χ4v) is 5.12. The molecule has 3 aromatic rings. The first-order valence-electron chi connectivity index (χ1n) is 11.6. The molecule has 3 heterocycles. The molecule has 4 rings (SSSR count). The van der Waals surface area contributed by atoms with Gasteiger partial charge in [0.05, 0.1) is 5.56 Å². The maximum absolute atomic E-state index is 13.1. The topological polar surface area (TPSA) is 104 Å². The molecular weight excluding hydrogens is 462 g/mol. The number of aryl methyl sites for hydroxylation is 1. The summed E-state index contributed by atoms with van der Waals surface area (Å²) in [6.45, 7) is 9.63. The van der Waals surface area contributed by atoms with Crippen molar-refractivity contribution in [2.75, 3.05) is 16.8 Å². The van der Waals surface area contributed by atoms with Gasteiger partial charge < -0.3 is 10.2 Å². The molecule has 0 saturated carbocycles. The maximum atomic E-state index is 13.1. The average Bonchev–Trinajstić information content (AvgIpc) is 3.10. The van der Waals surface area contributed by atoms with Crippen LogP contribution in [-0.2, 0) is 16.6 Å². The quantitative estimate of drug-likeness (QED) is 0.510. The third-order valence-electron chi connectivity index (χ3n) is 6.79. The minimum atomic E-state index is -4.20. The van der Waals surface area contributed by atoms with Crippen molar-refractivity contribution in [2.45, 2.75) is 51.2 Å². The Bertz CT molecular complexity index is 1320. The second-order valence-electron chi connectivity index (χ2n) is 9.50. The summed E-state index contributed by atoms with van der Waals surface area (Å²) in [6.07, 6.45) is 2.58. The Hall–Kier alpha value is -3.46. The zero-order chi connectivity index (χ0) is 25.2. The molecule has 0 radical (unpaired) electrons. The largest absolute Gasteiger partial charge is 0.366 e. The van der Waals surface area contributed by atoms with Crippen LogP contribution in [0.3, 0.4) is 0 Å². The van der Waals surface area contributed by atoms with Crippen molar-refractivity contribution >= 4 is 27.6 Å². The number of benzene rings is 1. The van der Waals surface area contributed by atoms with E-state index < -0.39 is 15.9 Å². The molecule has 1 aromatic carbocycles. The van der Waals surface area contributed by atoms with Crippen LogP contribution in [0.4, 0.5) is 11.6 Å². The third-order valence-corrected chi connectivity index (χ3v) is 8.03. The molecule has 9 heteroatoms. The van der Waals surface area contributed by atoms with Crippen LogP contribution in [0.25, 0.3) is 0 Å². The lowest BCUT2D eigenvalue weighted by Crippen LogP contribution is -2.43. The lowest BCUT2D eigenvalue weighted by atomic mass is 9.90. The number of carbonyl (C=O) groups excluding carboxylic acids is 1. The second-order valence-corrected chi connectivity index (χ2v) is 11.1. The molecule has 1 fully saturated rings. The Labute approximate surface area is 206 Å². The SMILES string of the molecule is Cc1ccc(CNc2cccc(S(=O)(=O)NC(=O)c3cccnc3N3CCC(C)C3(C)C)n2)cc1. The smallest absolute Gasteiger partial charge is 0.281 e. The predicted molar refractivity (Wildman–Crippen MR) is 137 cm³/mol. The van der Waals surface area contributed by atoms with Crippen LogP contribution in [0.5, 0.6) is 0 Å². The fraction of sp³-hybridized carbons (Fsp3) is 0.346. The Balaban J connectivity index is 1.52. The maximum Gasteiger partial charge on any atom is 0.281 e. The number of nitrogens with zero attached hydrogens (tertiary/aromatic N) is 3. The van der Waals surface area contributed by atoms with Crippen LogP contribution in [0.15, 0.2) is 65.8 Å². The lowest BCUT2D eigenvalue weighted by molar-refractivity contribution is 0.0981. The summed E-state index contributed by atoms with van der Waals surface area (Å²) in [7, 11) is -4.20. The van der Waals surface area contributed by atoms with Gasteiger partial charge in [0.15, 0.2) is 5.03 Å². The molecule has 8 nitrogen and oxygen atoms in total. The third kappa shape index (κ3) is 5.30. The second kappa shape index (κ2) is 9.65. The van der Waals surface area contributed by atoms with Crippen LogP contribution in [0, 0.1) is 12.8 Å². The van der Waals surface area contributed by atoms with Crippen molar-refractivity contribution in [3.63, 3.8) is 0 Å². The molecule has 1 aliphatic heterocycles. The van der Waals surface area contributed by atoms with E-state index >= 15 is 0 Å². The van der Waals surface area contributed by atoms with E-state index in [9.17, 15) is 13.2 Å². The minimum Gasteiger partial charge on any atom is -0.366 e. The van der Waals surface area contributed by atoms with Gasteiger partial charge in [-0.3, -0.25) is 4.79 Å². The average molecular weight is 494 g/mol. The fourth-order valence-electron chi connectivity index (χ4n) is 4.19. The van der Waals surface area contributed by atoms with Gasteiger partial charge in [-0.2, -0.15) is 8.42 Å². The van der Waals surface area contributed by atoms with E-state index in [1.807, 2.05) is 31.2 Å². The molecule has 1 saturated heterocycles. The normalized spacial score (nSPS) is 17.3.